The molecule has 0 aromatic carbocycles. The van der Waals surface area contributed by atoms with Crippen LogP contribution in [0.4, 0.5) is 0 Å². The van der Waals surface area contributed by atoms with Gasteiger partial charge in [0.15, 0.2) is 0 Å². The van der Waals surface area contributed by atoms with Crippen LogP contribution in [0.15, 0.2) is 0 Å². The van der Waals surface area contributed by atoms with Crippen LogP contribution in [0.3, 0.4) is 0 Å². The van der Waals surface area contributed by atoms with Gasteiger partial charge in [0.2, 0.25) is 23.6 Å². The lowest BCUT2D eigenvalue weighted by Gasteiger charge is -2.25. The predicted octanol–water partition coefficient (Wildman–Crippen LogP) is -2.57. The number of rotatable bonds is 12. The van der Waals surface area contributed by atoms with Crippen LogP contribution in [0.25, 0.3) is 0 Å². The Labute approximate surface area is 151 Å². The highest BCUT2D eigenvalue weighted by Gasteiger charge is 2.29. The zero-order chi connectivity index (χ0) is 20.3. The second-order valence-electron chi connectivity index (χ2n) is 5.82. The highest BCUT2D eigenvalue weighted by atomic mass is 16.4. The molecule has 3 atom stereocenters. The number of carbonyl (C=O) groups is 5. The Kier molecular flexibility index (Phi) is 10.6. The molecule has 148 valence electrons. The average molecular weight is 373 g/mol. The van der Waals surface area contributed by atoms with Gasteiger partial charge in [0.25, 0.3) is 0 Å². The van der Waals surface area contributed by atoms with Gasteiger partial charge in [0.1, 0.15) is 12.1 Å². The van der Waals surface area contributed by atoms with Gasteiger partial charge in [-0.3, -0.25) is 19.2 Å². The molecular formula is C15H27N5O6. The summed E-state index contributed by atoms with van der Waals surface area (Å²) in [7, 11) is 0. The van der Waals surface area contributed by atoms with E-state index in [1.165, 1.54) is 0 Å². The van der Waals surface area contributed by atoms with Gasteiger partial charge in [0.05, 0.1) is 13.1 Å². The Balaban J connectivity index is 4.95. The molecule has 11 nitrogen and oxygen atoms in total. The van der Waals surface area contributed by atoms with Crippen LogP contribution in [0, 0.1) is 5.92 Å². The Hall–Kier alpha value is -2.69. The molecule has 0 saturated carbocycles. The SMILES string of the molecule is CC[C@H](C)[C@H](NC(=O)CNC(=O)CN)C(=O)N[C@@H](CCC(N)=O)C(=O)O. The summed E-state index contributed by atoms with van der Waals surface area (Å²) >= 11 is 0. The molecule has 26 heavy (non-hydrogen) atoms. The lowest BCUT2D eigenvalue weighted by Crippen LogP contribution is -2.55. The molecule has 0 fully saturated rings. The number of carboxylic acids is 1. The molecule has 0 aliphatic carbocycles. The van der Waals surface area contributed by atoms with Crippen molar-refractivity contribution in [2.75, 3.05) is 13.1 Å². The van der Waals surface area contributed by atoms with E-state index in [0.717, 1.165) is 0 Å². The molecule has 0 bridgehead atoms. The third-order valence-corrected chi connectivity index (χ3v) is 3.74. The summed E-state index contributed by atoms with van der Waals surface area (Å²) in [4.78, 5) is 57.4. The maximum atomic E-state index is 12.4. The summed E-state index contributed by atoms with van der Waals surface area (Å²) < 4.78 is 0. The van der Waals surface area contributed by atoms with E-state index in [2.05, 4.69) is 16.0 Å². The zero-order valence-corrected chi connectivity index (χ0v) is 14.9. The first-order chi connectivity index (χ1) is 12.1. The normalized spacial score (nSPS) is 13.8. The van der Waals surface area contributed by atoms with E-state index in [9.17, 15) is 24.0 Å². The lowest BCUT2D eigenvalue weighted by atomic mass is 9.97. The monoisotopic (exact) mass is 373 g/mol. The Morgan fingerprint density at radius 3 is 2.15 bits per heavy atom. The lowest BCUT2D eigenvalue weighted by molar-refractivity contribution is -0.142. The first-order valence-electron chi connectivity index (χ1n) is 8.19. The number of carbonyl (C=O) groups excluding carboxylic acids is 4. The standard InChI is InChI=1S/C15H27N5O6/c1-3-8(2)13(20-12(23)7-18-11(22)6-16)14(24)19-9(15(25)26)4-5-10(17)21/h8-9,13H,3-7,16H2,1-2H3,(H2,17,21)(H,18,22)(H,19,24)(H,20,23)(H,25,26)/t8-,9-,13-/m0/s1. The van der Waals surface area contributed by atoms with Crippen molar-refractivity contribution in [3.8, 4) is 0 Å². The van der Waals surface area contributed by atoms with Crippen LogP contribution in [0.2, 0.25) is 0 Å². The molecule has 0 unspecified atom stereocenters. The number of hydrogen-bond donors (Lipinski definition) is 6. The molecule has 0 aliphatic rings. The molecule has 0 aliphatic heterocycles. The van der Waals surface area contributed by atoms with E-state index >= 15 is 0 Å². The number of aliphatic carboxylic acids is 1. The minimum atomic E-state index is -1.32. The maximum Gasteiger partial charge on any atom is 0.326 e. The summed E-state index contributed by atoms with van der Waals surface area (Å²) in [6.07, 6.45) is 0.166. The number of amides is 4. The van der Waals surface area contributed by atoms with E-state index in [1.54, 1.807) is 13.8 Å². The van der Waals surface area contributed by atoms with Gasteiger partial charge in [0, 0.05) is 6.42 Å². The molecule has 0 spiro atoms. The van der Waals surface area contributed by atoms with E-state index in [0.29, 0.717) is 6.42 Å². The van der Waals surface area contributed by atoms with Crippen molar-refractivity contribution >= 4 is 29.6 Å². The number of nitrogens with two attached hydrogens (primary N) is 2. The second kappa shape index (κ2) is 11.8. The fraction of sp³-hybridized carbons (Fsp3) is 0.667. The molecule has 0 rings (SSSR count). The minimum absolute atomic E-state index is 0.163. The van der Waals surface area contributed by atoms with E-state index in [-0.39, 0.29) is 31.8 Å². The van der Waals surface area contributed by atoms with Gasteiger partial charge in [-0.05, 0) is 12.3 Å². The molecule has 11 heteroatoms. The van der Waals surface area contributed by atoms with Crippen molar-refractivity contribution in [2.45, 2.75) is 45.2 Å². The van der Waals surface area contributed by atoms with Crippen molar-refractivity contribution in [1.29, 1.82) is 0 Å². The van der Waals surface area contributed by atoms with Crippen molar-refractivity contribution in [3.05, 3.63) is 0 Å². The summed E-state index contributed by atoms with van der Waals surface area (Å²) in [5.74, 6) is -4.14. The predicted molar refractivity (Wildman–Crippen MR) is 91.4 cm³/mol. The van der Waals surface area contributed by atoms with Crippen LogP contribution in [0.5, 0.6) is 0 Å². The topological polar surface area (TPSA) is 194 Å². The summed E-state index contributed by atoms with van der Waals surface area (Å²) in [6.45, 7) is 2.88. The van der Waals surface area contributed by atoms with E-state index < -0.39 is 41.7 Å². The van der Waals surface area contributed by atoms with Gasteiger partial charge in [-0.1, -0.05) is 20.3 Å². The molecule has 4 amide bonds. The molecular weight excluding hydrogens is 346 g/mol. The molecule has 0 saturated heterocycles. The number of primary amides is 1. The fourth-order valence-corrected chi connectivity index (χ4v) is 1.98. The Bertz CT molecular complexity index is 539. The second-order valence-corrected chi connectivity index (χ2v) is 5.82. The third-order valence-electron chi connectivity index (χ3n) is 3.74. The van der Waals surface area contributed by atoms with Crippen LogP contribution in [0.1, 0.15) is 33.1 Å². The van der Waals surface area contributed by atoms with Gasteiger partial charge >= 0.3 is 5.97 Å². The van der Waals surface area contributed by atoms with E-state index in [1.807, 2.05) is 0 Å². The van der Waals surface area contributed by atoms with Crippen LogP contribution in [-0.2, 0) is 24.0 Å². The first-order valence-corrected chi connectivity index (χ1v) is 8.19. The quantitative estimate of drug-likeness (QED) is 0.216. The maximum absolute atomic E-state index is 12.4. The highest BCUT2D eigenvalue weighted by Crippen LogP contribution is 2.09. The third kappa shape index (κ3) is 8.97. The molecule has 0 aromatic rings. The van der Waals surface area contributed by atoms with Crippen molar-refractivity contribution in [2.24, 2.45) is 17.4 Å². The van der Waals surface area contributed by atoms with Gasteiger partial charge in [-0.15, -0.1) is 0 Å². The summed E-state index contributed by atoms with van der Waals surface area (Å²) in [5, 5.41) is 16.2. The Morgan fingerprint density at radius 1 is 1.08 bits per heavy atom. The van der Waals surface area contributed by atoms with E-state index in [4.69, 9.17) is 16.6 Å². The van der Waals surface area contributed by atoms with Gasteiger partial charge < -0.3 is 32.5 Å². The molecule has 0 radical (unpaired) electrons. The zero-order valence-electron chi connectivity index (χ0n) is 14.9. The Morgan fingerprint density at radius 2 is 1.69 bits per heavy atom. The van der Waals surface area contributed by atoms with Crippen molar-refractivity contribution in [1.82, 2.24) is 16.0 Å². The number of nitrogens with one attached hydrogen (secondary N) is 3. The molecule has 8 N–H and O–H groups in total. The van der Waals surface area contributed by atoms with Crippen LogP contribution >= 0.6 is 0 Å². The van der Waals surface area contributed by atoms with Crippen molar-refractivity contribution < 1.29 is 29.1 Å². The summed E-state index contributed by atoms with van der Waals surface area (Å²) in [6, 6.07) is -2.31. The number of hydrogen-bond acceptors (Lipinski definition) is 6. The largest absolute Gasteiger partial charge is 0.480 e. The van der Waals surface area contributed by atoms with Gasteiger partial charge in [-0.25, -0.2) is 4.79 Å². The molecule has 0 heterocycles. The minimum Gasteiger partial charge on any atom is -0.480 e. The first kappa shape index (κ1) is 23.3. The van der Waals surface area contributed by atoms with Gasteiger partial charge in [-0.2, -0.15) is 0 Å². The van der Waals surface area contributed by atoms with Crippen LogP contribution in [-0.4, -0.2) is 59.9 Å². The van der Waals surface area contributed by atoms with Crippen molar-refractivity contribution in [3.63, 3.8) is 0 Å². The fourth-order valence-electron chi connectivity index (χ4n) is 1.98. The number of carboxylic acid groups (broad SMARTS) is 1. The summed E-state index contributed by atoms with van der Waals surface area (Å²) in [5.41, 5.74) is 10.1. The average Bonchev–Trinajstić information content (AvgIpc) is 2.59. The smallest absolute Gasteiger partial charge is 0.326 e. The molecule has 0 aromatic heterocycles. The highest BCUT2D eigenvalue weighted by molar-refractivity contribution is 5.92. The van der Waals surface area contributed by atoms with Crippen LogP contribution < -0.4 is 27.4 Å².